The Kier molecular flexibility index (Phi) is 3.93. The standard InChI is InChI=1S/C9H10ClFO3S/c10-15(13,14)5-4-9(11)7-2-1-3-8(12)6-7/h1-3,6,9,12H,4-5H2. The molecule has 0 aliphatic rings. The maximum absolute atomic E-state index is 13.4. The number of hydrogen-bond donors (Lipinski definition) is 1. The monoisotopic (exact) mass is 252 g/mol. The van der Waals surface area contributed by atoms with E-state index in [9.17, 15) is 12.8 Å². The van der Waals surface area contributed by atoms with Gasteiger partial charge in [0.05, 0.1) is 5.75 Å². The number of benzene rings is 1. The molecule has 0 bridgehead atoms. The largest absolute Gasteiger partial charge is 0.508 e. The van der Waals surface area contributed by atoms with Crippen molar-refractivity contribution in [3.63, 3.8) is 0 Å². The molecule has 0 amide bonds. The first-order chi connectivity index (χ1) is 6.88. The zero-order valence-corrected chi connectivity index (χ0v) is 9.30. The molecule has 0 radical (unpaired) electrons. The van der Waals surface area contributed by atoms with E-state index < -0.39 is 21.0 Å². The SMILES string of the molecule is O=S(=O)(Cl)CCC(F)c1cccc(O)c1. The second-order valence-electron chi connectivity index (χ2n) is 3.09. The zero-order chi connectivity index (χ0) is 11.5. The summed E-state index contributed by atoms with van der Waals surface area (Å²) in [6.07, 6.45) is -1.65. The molecule has 0 fully saturated rings. The second-order valence-corrected chi connectivity index (χ2v) is 5.99. The molecule has 0 spiro atoms. The molecule has 1 N–H and O–H groups in total. The van der Waals surface area contributed by atoms with Crippen LogP contribution in [0.25, 0.3) is 0 Å². The van der Waals surface area contributed by atoms with Gasteiger partial charge in [0, 0.05) is 10.7 Å². The fourth-order valence-electron chi connectivity index (χ4n) is 1.13. The fraction of sp³-hybridized carbons (Fsp3) is 0.333. The molecule has 1 rings (SSSR count). The molecule has 0 aromatic heterocycles. The van der Waals surface area contributed by atoms with Gasteiger partial charge in [0.25, 0.3) is 0 Å². The lowest BCUT2D eigenvalue weighted by atomic mass is 10.1. The van der Waals surface area contributed by atoms with Crippen molar-refractivity contribution in [2.75, 3.05) is 5.75 Å². The highest BCUT2D eigenvalue weighted by atomic mass is 35.7. The van der Waals surface area contributed by atoms with Gasteiger partial charge >= 0.3 is 0 Å². The van der Waals surface area contributed by atoms with Gasteiger partial charge in [-0.2, -0.15) is 0 Å². The van der Waals surface area contributed by atoms with Gasteiger partial charge in [-0.15, -0.1) is 0 Å². The van der Waals surface area contributed by atoms with E-state index in [-0.39, 0.29) is 17.7 Å². The van der Waals surface area contributed by atoms with Gasteiger partial charge in [-0.1, -0.05) is 12.1 Å². The molecule has 84 valence electrons. The van der Waals surface area contributed by atoms with Crippen LogP contribution in [0.1, 0.15) is 18.2 Å². The third-order valence-corrected chi connectivity index (χ3v) is 3.03. The molecule has 0 saturated heterocycles. The Morgan fingerprint density at radius 1 is 1.47 bits per heavy atom. The third-order valence-electron chi connectivity index (χ3n) is 1.85. The summed E-state index contributed by atoms with van der Waals surface area (Å²) in [5.74, 6) is -0.477. The predicted molar refractivity (Wildman–Crippen MR) is 56.2 cm³/mol. The number of alkyl halides is 1. The summed E-state index contributed by atoms with van der Waals surface area (Å²) < 4.78 is 34.6. The van der Waals surface area contributed by atoms with Crippen molar-refractivity contribution in [2.24, 2.45) is 0 Å². The van der Waals surface area contributed by atoms with Crippen LogP contribution in [0.2, 0.25) is 0 Å². The number of halogens is 2. The van der Waals surface area contributed by atoms with E-state index in [1.54, 1.807) is 0 Å². The van der Waals surface area contributed by atoms with Crippen LogP contribution in [0.4, 0.5) is 4.39 Å². The van der Waals surface area contributed by atoms with E-state index in [2.05, 4.69) is 0 Å². The third kappa shape index (κ3) is 4.48. The van der Waals surface area contributed by atoms with E-state index in [0.717, 1.165) is 0 Å². The zero-order valence-electron chi connectivity index (χ0n) is 7.73. The molecule has 3 nitrogen and oxygen atoms in total. The number of phenolic OH excluding ortho intramolecular Hbond substituents is 1. The second kappa shape index (κ2) is 4.81. The van der Waals surface area contributed by atoms with Gasteiger partial charge in [-0.05, 0) is 24.1 Å². The van der Waals surface area contributed by atoms with Gasteiger partial charge in [0.2, 0.25) is 9.05 Å². The van der Waals surface area contributed by atoms with E-state index in [0.29, 0.717) is 0 Å². The summed E-state index contributed by atoms with van der Waals surface area (Å²) in [5, 5.41) is 9.08. The molecule has 0 heterocycles. The molecular formula is C9H10ClFO3S. The Labute approximate surface area is 91.9 Å². The molecule has 1 unspecified atom stereocenters. The maximum Gasteiger partial charge on any atom is 0.232 e. The van der Waals surface area contributed by atoms with Crippen molar-refractivity contribution in [3.8, 4) is 5.75 Å². The number of phenols is 1. The number of hydrogen-bond acceptors (Lipinski definition) is 3. The number of rotatable bonds is 4. The average molecular weight is 253 g/mol. The Balaban J connectivity index is 2.65. The minimum atomic E-state index is -3.67. The molecule has 1 atom stereocenters. The van der Waals surface area contributed by atoms with E-state index in [1.807, 2.05) is 0 Å². The van der Waals surface area contributed by atoms with Crippen LogP contribution >= 0.6 is 10.7 Å². The minimum absolute atomic E-state index is 0.0520. The summed E-state index contributed by atoms with van der Waals surface area (Å²) in [7, 11) is 1.28. The van der Waals surface area contributed by atoms with Gasteiger partial charge < -0.3 is 5.11 Å². The lowest BCUT2D eigenvalue weighted by Crippen LogP contribution is -2.02. The van der Waals surface area contributed by atoms with E-state index >= 15 is 0 Å². The Morgan fingerprint density at radius 2 is 2.13 bits per heavy atom. The molecular weight excluding hydrogens is 243 g/mol. The summed E-state index contributed by atoms with van der Waals surface area (Å²) in [4.78, 5) is 0. The first kappa shape index (κ1) is 12.3. The van der Waals surface area contributed by atoms with Crippen molar-refractivity contribution in [3.05, 3.63) is 29.8 Å². The van der Waals surface area contributed by atoms with Crippen molar-refractivity contribution in [2.45, 2.75) is 12.6 Å². The average Bonchev–Trinajstić information content (AvgIpc) is 2.13. The van der Waals surface area contributed by atoms with E-state index in [1.165, 1.54) is 24.3 Å². The van der Waals surface area contributed by atoms with Gasteiger partial charge in [-0.3, -0.25) is 0 Å². The fourth-order valence-corrected chi connectivity index (χ4v) is 1.89. The minimum Gasteiger partial charge on any atom is -0.508 e. The summed E-state index contributed by atoms with van der Waals surface area (Å²) in [6.45, 7) is 0. The predicted octanol–water partition coefficient (Wildman–Crippen LogP) is 2.36. The highest BCUT2D eigenvalue weighted by molar-refractivity contribution is 8.13. The molecule has 15 heavy (non-hydrogen) atoms. The van der Waals surface area contributed by atoms with Crippen molar-refractivity contribution in [1.82, 2.24) is 0 Å². The molecule has 1 aromatic rings. The van der Waals surface area contributed by atoms with Gasteiger partial charge in [0.15, 0.2) is 0 Å². The van der Waals surface area contributed by atoms with Crippen molar-refractivity contribution >= 4 is 19.7 Å². The maximum atomic E-state index is 13.4. The van der Waals surface area contributed by atoms with Crippen LogP contribution in [0, 0.1) is 0 Å². The van der Waals surface area contributed by atoms with Crippen LogP contribution in [0.5, 0.6) is 5.75 Å². The Hall–Kier alpha value is -0.810. The van der Waals surface area contributed by atoms with Crippen molar-refractivity contribution < 1.29 is 17.9 Å². The van der Waals surface area contributed by atoms with Crippen LogP contribution in [-0.2, 0) is 9.05 Å². The van der Waals surface area contributed by atoms with Gasteiger partial charge in [0.1, 0.15) is 11.9 Å². The van der Waals surface area contributed by atoms with Crippen LogP contribution in [0.15, 0.2) is 24.3 Å². The normalized spacial score (nSPS) is 13.7. The molecule has 0 aliphatic heterocycles. The number of aromatic hydroxyl groups is 1. The van der Waals surface area contributed by atoms with Crippen molar-refractivity contribution in [1.29, 1.82) is 0 Å². The molecule has 6 heteroatoms. The van der Waals surface area contributed by atoms with E-state index in [4.69, 9.17) is 15.8 Å². The van der Waals surface area contributed by atoms with Crippen LogP contribution in [-0.4, -0.2) is 19.3 Å². The highest BCUT2D eigenvalue weighted by Gasteiger charge is 2.14. The topological polar surface area (TPSA) is 54.4 Å². The summed E-state index contributed by atoms with van der Waals surface area (Å²) in [6, 6.07) is 5.64. The Morgan fingerprint density at radius 3 is 2.67 bits per heavy atom. The smallest absolute Gasteiger partial charge is 0.232 e. The molecule has 0 saturated carbocycles. The highest BCUT2D eigenvalue weighted by Crippen LogP contribution is 2.25. The van der Waals surface area contributed by atoms with Crippen LogP contribution < -0.4 is 0 Å². The lowest BCUT2D eigenvalue weighted by Gasteiger charge is -2.07. The lowest BCUT2D eigenvalue weighted by molar-refractivity contribution is 0.334. The Bertz CT molecular complexity index is 433. The summed E-state index contributed by atoms with van der Waals surface area (Å²) >= 11 is 0. The van der Waals surface area contributed by atoms with Gasteiger partial charge in [-0.25, -0.2) is 12.8 Å². The first-order valence-corrected chi connectivity index (χ1v) is 6.71. The quantitative estimate of drug-likeness (QED) is 0.837. The first-order valence-electron chi connectivity index (χ1n) is 4.24. The van der Waals surface area contributed by atoms with Crippen LogP contribution in [0.3, 0.4) is 0 Å². The molecule has 1 aromatic carbocycles. The summed E-state index contributed by atoms with van der Waals surface area (Å²) in [5.41, 5.74) is 0.246. The molecule has 0 aliphatic carbocycles.